The molecule has 0 saturated heterocycles. The van der Waals surface area contributed by atoms with Crippen LogP contribution in [-0.2, 0) is 11.3 Å². The zero-order chi connectivity index (χ0) is 15.4. The van der Waals surface area contributed by atoms with Gasteiger partial charge in [-0.05, 0) is 24.3 Å². The number of carbonyl (C=O) groups excluding carboxylic acids is 1. The maximum absolute atomic E-state index is 13.3. The number of carboxylic acids is 1. The predicted octanol–water partition coefficient (Wildman–Crippen LogP) is 2.52. The van der Waals surface area contributed by atoms with E-state index in [2.05, 4.69) is 10.1 Å². The van der Waals surface area contributed by atoms with Crippen LogP contribution in [-0.4, -0.2) is 24.2 Å². The molecule has 0 amide bonds. The van der Waals surface area contributed by atoms with Gasteiger partial charge in [0, 0.05) is 17.8 Å². The Morgan fingerprint density at radius 1 is 1.38 bits per heavy atom. The second kappa shape index (κ2) is 6.08. The number of benzene rings is 1. The molecule has 0 aliphatic heterocycles. The van der Waals surface area contributed by atoms with Crippen LogP contribution in [0.5, 0.6) is 0 Å². The Morgan fingerprint density at radius 3 is 2.81 bits per heavy atom. The Balaban J connectivity index is 2.14. The average molecular weight is 293 g/mol. The van der Waals surface area contributed by atoms with Crippen molar-refractivity contribution in [1.29, 1.82) is 0 Å². The topological polar surface area (TPSA) is 88.8 Å². The van der Waals surface area contributed by atoms with Crippen LogP contribution in [0.4, 0.5) is 10.1 Å². The SMILES string of the molecule is COC(=O)c1occc1CNc1ccc(F)c(C(=O)O)c1. The Morgan fingerprint density at radius 2 is 2.14 bits per heavy atom. The molecule has 0 unspecified atom stereocenters. The molecule has 2 rings (SSSR count). The molecule has 0 radical (unpaired) electrons. The van der Waals surface area contributed by atoms with E-state index in [-0.39, 0.29) is 12.3 Å². The fourth-order valence-corrected chi connectivity index (χ4v) is 1.74. The molecular formula is C14H12FNO5. The van der Waals surface area contributed by atoms with E-state index in [1.54, 1.807) is 6.07 Å². The molecule has 6 nitrogen and oxygen atoms in total. The van der Waals surface area contributed by atoms with Gasteiger partial charge < -0.3 is 19.6 Å². The van der Waals surface area contributed by atoms with E-state index >= 15 is 0 Å². The molecule has 1 aromatic carbocycles. The van der Waals surface area contributed by atoms with Crippen molar-refractivity contribution in [3.05, 3.63) is 53.2 Å². The number of ether oxygens (including phenoxy) is 1. The molecule has 21 heavy (non-hydrogen) atoms. The molecule has 1 aromatic heterocycles. The molecule has 0 fully saturated rings. The smallest absolute Gasteiger partial charge is 0.374 e. The number of carboxylic acid groups (broad SMARTS) is 1. The lowest BCUT2D eigenvalue weighted by Gasteiger charge is -2.07. The summed E-state index contributed by atoms with van der Waals surface area (Å²) >= 11 is 0. The molecule has 0 saturated carbocycles. The molecule has 110 valence electrons. The number of nitrogens with one attached hydrogen (secondary N) is 1. The number of esters is 1. The van der Waals surface area contributed by atoms with E-state index in [0.717, 1.165) is 6.07 Å². The minimum absolute atomic E-state index is 0.0607. The third-order valence-corrected chi connectivity index (χ3v) is 2.80. The highest BCUT2D eigenvalue weighted by Crippen LogP contribution is 2.18. The molecule has 0 aliphatic carbocycles. The third kappa shape index (κ3) is 3.19. The summed E-state index contributed by atoms with van der Waals surface area (Å²) < 4.78 is 22.8. The van der Waals surface area contributed by atoms with Gasteiger partial charge in [0.1, 0.15) is 5.82 Å². The van der Waals surface area contributed by atoms with Crippen LogP contribution in [0.3, 0.4) is 0 Å². The van der Waals surface area contributed by atoms with Gasteiger partial charge >= 0.3 is 11.9 Å². The summed E-state index contributed by atoms with van der Waals surface area (Å²) in [6.07, 6.45) is 1.34. The number of carbonyl (C=O) groups is 2. The molecule has 0 bridgehead atoms. The van der Waals surface area contributed by atoms with Crippen molar-refractivity contribution in [1.82, 2.24) is 0 Å². The summed E-state index contributed by atoms with van der Waals surface area (Å²) in [7, 11) is 1.24. The molecular weight excluding hydrogens is 281 g/mol. The van der Waals surface area contributed by atoms with E-state index in [1.807, 2.05) is 0 Å². The van der Waals surface area contributed by atoms with Crippen molar-refractivity contribution >= 4 is 17.6 Å². The van der Waals surface area contributed by atoms with Gasteiger partial charge in [0.2, 0.25) is 5.76 Å². The van der Waals surface area contributed by atoms with Crippen molar-refractivity contribution in [2.45, 2.75) is 6.54 Å². The van der Waals surface area contributed by atoms with Gasteiger partial charge in [-0.25, -0.2) is 14.0 Å². The fourth-order valence-electron chi connectivity index (χ4n) is 1.74. The number of hydrogen-bond acceptors (Lipinski definition) is 5. The normalized spacial score (nSPS) is 10.2. The van der Waals surface area contributed by atoms with Crippen LogP contribution in [0.2, 0.25) is 0 Å². The molecule has 7 heteroatoms. The number of hydrogen-bond donors (Lipinski definition) is 2. The van der Waals surface area contributed by atoms with Gasteiger partial charge in [-0.2, -0.15) is 0 Å². The van der Waals surface area contributed by atoms with E-state index in [0.29, 0.717) is 11.3 Å². The zero-order valence-corrected chi connectivity index (χ0v) is 11.1. The first-order valence-corrected chi connectivity index (χ1v) is 5.94. The van der Waals surface area contributed by atoms with Crippen molar-refractivity contribution in [2.75, 3.05) is 12.4 Å². The highest BCUT2D eigenvalue weighted by Gasteiger charge is 2.16. The Labute approximate surface area is 119 Å². The molecule has 1 heterocycles. The average Bonchev–Trinajstić information content (AvgIpc) is 2.93. The van der Waals surface area contributed by atoms with Crippen LogP contribution < -0.4 is 5.32 Å². The van der Waals surface area contributed by atoms with E-state index < -0.39 is 23.3 Å². The standard InChI is InChI=1S/C14H12FNO5/c1-20-14(19)12-8(4-5-21-12)7-16-9-2-3-11(15)10(6-9)13(17)18/h2-6,16H,7H2,1H3,(H,17,18). The largest absolute Gasteiger partial charge is 0.478 e. The Hall–Kier alpha value is -2.83. The molecule has 2 aromatic rings. The highest BCUT2D eigenvalue weighted by atomic mass is 19.1. The molecule has 0 spiro atoms. The summed E-state index contributed by atoms with van der Waals surface area (Å²) in [6, 6.07) is 5.22. The van der Waals surface area contributed by atoms with E-state index in [9.17, 15) is 14.0 Å². The van der Waals surface area contributed by atoms with Crippen molar-refractivity contribution < 1.29 is 28.2 Å². The lowest BCUT2D eigenvalue weighted by atomic mass is 10.1. The second-order valence-electron chi connectivity index (χ2n) is 4.12. The van der Waals surface area contributed by atoms with E-state index in [4.69, 9.17) is 9.52 Å². The number of halogens is 1. The van der Waals surface area contributed by atoms with Crippen LogP contribution in [0.25, 0.3) is 0 Å². The van der Waals surface area contributed by atoms with Crippen LogP contribution in [0.1, 0.15) is 26.5 Å². The maximum Gasteiger partial charge on any atom is 0.374 e. The number of methoxy groups -OCH3 is 1. The lowest BCUT2D eigenvalue weighted by Crippen LogP contribution is -2.08. The van der Waals surface area contributed by atoms with Gasteiger partial charge in [-0.15, -0.1) is 0 Å². The summed E-state index contributed by atoms with van der Waals surface area (Å²) in [6.45, 7) is 0.200. The lowest BCUT2D eigenvalue weighted by molar-refractivity contribution is 0.0563. The maximum atomic E-state index is 13.3. The fraction of sp³-hybridized carbons (Fsp3) is 0.143. The van der Waals surface area contributed by atoms with Crippen molar-refractivity contribution in [2.24, 2.45) is 0 Å². The quantitative estimate of drug-likeness (QED) is 0.823. The Bertz CT molecular complexity index is 680. The number of furan rings is 1. The van der Waals surface area contributed by atoms with Gasteiger partial charge in [0.15, 0.2) is 0 Å². The summed E-state index contributed by atoms with van der Waals surface area (Å²) in [5.74, 6) is -2.71. The first-order chi connectivity index (χ1) is 10.0. The number of anilines is 1. The molecule has 0 atom stereocenters. The highest BCUT2D eigenvalue weighted by molar-refractivity contribution is 5.89. The number of aromatic carboxylic acids is 1. The van der Waals surface area contributed by atoms with Crippen molar-refractivity contribution in [3.63, 3.8) is 0 Å². The molecule has 2 N–H and O–H groups in total. The van der Waals surface area contributed by atoms with Gasteiger partial charge in [0.05, 0.1) is 18.9 Å². The first kappa shape index (κ1) is 14.6. The second-order valence-corrected chi connectivity index (χ2v) is 4.12. The van der Waals surface area contributed by atoms with Crippen LogP contribution >= 0.6 is 0 Å². The summed E-state index contributed by atoms with van der Waals surface area (Å²) in [5.41, 5.74) is 0.522. The monoisotopic (exact) mass is 293 g/mol. The summed E-state index contributed by atoms with van der Waals surface area (Å²) in [5, 5.41) is 11.7. The van der Waals surface area contributed by atoms with Crippen LogP contribution in [0.15, 0.2) is 34.9 Å². The molecule has 0 aliphatic rings. The third-order valence-electron chi connectivity index (χ3n) is 2.80. The van der Waals surface area contributed by atoms with Gasteiger partial charge in [-0.3, -0.25) is 0 Å². The van der Waals surface area contributed by atoms with Gasteiger partial charge in [0.25, 0.3) is 0 Å². The minimum atomic E-state index is -1.35. The van der Waals surface area contributed by atoms with Crippen molar-refractivity contribution in [3.8, 4) is 0 Å². The van der Waals surface area contributed by atoms with Gasteiger partial charge in [-0.1, -0.05) is 0 Å². The van der Waals surface area contributed by atoms with Crippen LogP contribution in [0, 0.1) is 5.82 Å². The summed E-state index contributed by atoms with van der Waals surface area (Å²) in [4.78, 5) is 22.3. The minimum Gasteiger partial charge on any atom is -0.478 e. The zero-order valence-electron chi connectivity index (χ0n) is 11.1. The Kier molecular flexibility index (Phi) is 4.22. The number of rotatable bonds is 5. The first-order valence-electron chi connectivity index (χ1n) is 5.94. The predicted molar refractivity (Wildman–Crippen MR) is 70.7 cm³/mol. The van der Waals surface area contributed by atoms with E-state index in [1.165, 1.54) is 25.5 Å².